The van der Waals surface area contributed by atoms with Crippen LogP contribution in [0.15, 0.2) is 0 Å². The molecule has 1 aromatic rings. The van der Waals surface area contributed by atoms with Crippen molar-refractivity contribution in [3.05, 3.63) is 9.75 Å². The maximum absolute atomic E-state index is 9.52. The lowest BCUT2D eigenvalue weighted by molar-refractivity contribution is -0.0228. The minimum atomic E-state index is -0.468. The molecular formula is C12H18O4S. The van der Waals surface area contributed by atoms with Crippen molar-refractivity contribution in [1.29, 1.82) is 0 Å². The molecule has 0 aliphatic carbocycles. The van der Waals surface area contributed by atoms with Crippen molar-refractivity contribution >= 4 is 11.3 Å². The SMILES string of the molecule is COCC1(CO)COc2c(C)sc(C)c2OC1. The highest BCUT2D eigenvalue weighted by Gasteiger charge is 2.36. The highest BCUT2D eigenvalue weighted by atomic mass is 32.1. The monoisotopic (exact) mass is 258 g/mol. The first-order chi connectivity index (χ1) is 8.12. The van der Waals surface area contributed by atoms with Crippen molar-refractivity contribution in [1.82, 2.24) is 0 Å². The zero-order valence-electron chi connectivity index (χ0n) is 10.4. The van der Waals surface area contributed by atoms with Crippen LogP contribution in [0.4, 0.5) is 0 Å². The minimum absolute atomic E-state index is 0.00730. The van der Waals surface area contributed by atoms with E-state index in [1.165, 1.54) is 0 Å². The molecule has 17 heavy (non-hydrogen) atoms. The molecule has 2 rings (SSSR count). The van der Waals surface area contributed by atoms with Crippen LogP contribution in [-0.2, 0) is 4.74 Å². The first-order valence-electron chi connectivity index (χ1n) is 5.57. The van der Waals surface area contributed by atoms with Crippen LogP contribution < -0.4 is 9.47 Å². The largest absolute Gasteiger partial charge is 0.488 e. The molecule has 1 N–H and O–H groups in total. The summed E-state index contributed by atoms with van der Waals surface area (Å²) in [6.45, 7) is 5.29. The fourth-order valence-electron chi connectivity index (χ4n) is 2.00. The normalized spacial score (nSPS) is 17.9. The number of hydrogen-bond donors (Lipinski definition) is 1. The van der Waals surface area contributed by atoms with Gasteiger partial charge in [0.25, 0.3) is 0 Å². The Balaban J connectivity index is 2.24. The van der Waals surface area contributed by atoms with E-state index in [1.54, 1.807) is 18.4 Å². The van der Waals surface area contributed by atoms with E-state index in [1.807, 2.05) is 13.8 Å². The number of methoxy groups -OCH3 is 1. The third kappa shape index (κ3) is 2.27. The number of fused-ring (bicyclic) bond motifs is 1. The van der Waals surface area contributed by atoms with Gasteiger partial charge in [0.2, 0.25) is 0 Å². The summed E-state index contributed by atoms with van der Waals surface area (Å²) < 4.78 is 16.8. The first kappa shape index (κ1) is 12.7. The molecule has 96 valence electrons. The molecule has 0 unspecified atom stereocenters. The van der Waals surface area contributed by atoms with Crippen molar-refractivity contribution in [2.75, 3.05) is 33.5 Å². The first-order valence-corrected chi connectivity index (χ1v) is 6.39. The molecule has 4 nitrogen and oxygen atoms in total. The predicted molar refractivity (Wildman–Crippen MR) is 66.2 cm³/mol. The maximum atomic E-state index is 9.52. The van der Waals surface area contributed by atoms with Gasteiger partial charge in [-0.3, -0.25) is 0 Å². The zero-order chi connectivity index (χ0) is 12.5. The van der Waals surface area contributed by atoms with Gasteiger partial charge in [-0.25, -0.2) is 0 Å². The molecule has 0 aromatic carbocycles. The van der Waals surface area contributed by atoms with E-state index in [2.05, 4.69) is 0 Å². The summed E-state index contributed by atoms with van der Waals surface area (Å²) in [6.07, 6.45) is 0. The summed E-state index contributed by atoms with van der Waals surface area (Å²) in [5.41, 5.74) is -0.468. The Kier molecular flexibility index (Phi) is 3.61. The molecule has 5 heteroatoms. The van der Waals surface area contributed by atoms with Crippen molar-refractivity contribution in [2.24, 2.45) is 5.41 Å². The molecule has 0 atom stereocenters. The Hall–Kier alpha value is -0.780. The van der Waals surface area contributed by atoms with Crippen LogP contribution in [0, 0.1) is 19.3 Å². The Labute approximate surface area is 105 Å². The molecule has 1 aromatic heterocycles. The van der Waals surface area contributed by atoms with E-state index in [0.717, 1.165) is 21.3 Å². The highest BCUT2D eigenvalue weighted by molar-refractivity contribution is 7.12. The number of aryl methyl sites for hydroxylation is 2. The summed E-state index contributed by atoms with van der Waals surface area (Å²) >= 11 is 1.67. The zero-order valence-corrected chi connectivity index (χ0v) is 11.2. The number of aliphatic hydroxyl groups excluding tert-OH is 1. The Morgan fingerprint density at radius 3 is 2.18 bits per heavy atom. The molecule has 0 fully saturated rings. The average molecular weight is 258 g/mol. The topological polar surface area (TPSA) is 47.9 Å². The van der Waals surface area contributed by atoms with Gasteiger partial charge in [0.05, 0.1) is 18.6 Å². The van der Waals surface area contributed by atoms with Gasteiger partial charge in [-0.05, 0) is 13.8 Å². The summed E-state index contributed by atoms with van der Waals surface area (Å²) in [4.78, 5) is 2.23. The molecule has 0 radical (unpaired) electrons. The van der Waals surface area contributed by atoms with E-state index in [0.29, 0.717) is 19.8 Å². The standard InChI is InChI=1S/C12H18O4S/c1-8-10-11(9(2)17-8)16-7-12(4-13,5-14-3)6-15-10/h13H,4-7H2,1-3H3. The van der Waals surface area contributed by atoms with Gasteiger partial charge in [-0.1, -0.05) is 0 Å². The third-order valence-electron chi connectivity index (χ3n) is 2.98. The molecule has 2 heterocycles. The summed E-state index contributed by atoms with van der Waals surface area (Å²) in [5, 5.41) is 9.52. The Morgan fingerprint density at radius 2 is 1.76 bits per heavy atom. The number of rotatable bonds is 3. The van der Waals surface area contributed by atoms with Gasteiger partial charge in [0.1, 0.15) is 13.2 Å². The second kappa shape index (κ2) is 4.84. The number of hydrogen-bond acceptors (Lipinski definition) is 5. The van der Waals surface area contributed by atoms with Crippen LogP contribution in [0.5, 0.6) is 11.5 Å². The van der Waals surface area contributed by atoms with Crippen LogP contribution in [-0.4, -0.2) is 38.6 Å². The molecule has 1 aliphatic heterocycles. The fraction of sp³-hybridized carbons (Fsp3) is 0.667. The summed E-state index contributed by atoms with van der Waals surface area (Å²) in [7, 11) is 1.62. The lowest BCUT2D eigenvalue weighted by Crippen LogP contribution is -2.41. The van der Waals surface area contributed by atoms with Gasteiger partial charge < -0.3 is 19.3 Å². The van der Waals surface area contributed by atoms with Crippen LogP contribution in [0.3, 0.4) is 0 Å². The van der Waals surface area contributed by atoms with E-state index in [4.69, 9.17) is 14.2 Å². The minimum Gasteiger partial charge on any atom is -0.488 e. The van der Waals surface area contributed by atoms with E-state index in [-0.39, 0.29) is 6.61 Å². The number of thiophene rings is 1. The van der Waals surface area contributed by atoms with Crippen LogP contribution >= 0.6 is 11.3 Å². The molecule has 0 saturated heterocycles. The molecule has 0 saturated carbocycles. The fourth-order valence-corrected chi connectivity index (χ4v) is 2.94. The Bertz CT molecular complexity index is 371. The lowest BCUT2D eigenvalue weighted by Gasteiger charge is -2.27. The second-order valence-corrected chi connectivity index (χ2v) is 5.97. The van der Waals surface area contributed by atoms with Gasteiger partial charge in [0, 0.05) is 16.9 Å². The third-order valence-corrected chi connectivity index (χ3v) is 3.97. The van der Waals surface area contributed by atoms with Gasteiger partial charge in [-0.15, -0.1) is 11.3 Å². The maximum Gasteiger partial charge on any atom is 0.175 e. The summed E-state index contributed by atoms with van der Waals surface area (Å²) in [5.74, 6) is 1.64. The van der Waals surface area contributed by atoms with Crippen molar-refractivity contribution in [2.45, 2.75) is 13.8 Å². The van der Waals surface area contributed by atoms with Crippen LogP contribution in [0.1, 0.15) is 9.75 Å². The Morgan fingerprint density at radius 1 is 1.24 bits per heavy atom. The van der Waals surface area contributed by atoms with Crippen molar-refractivity contribution in [3.63, 3.8) is 0 Å². The van der Waals surface area contributed by atoms with Gasteiger partial charge in [-0.2, -0.15) is 0 Å². The summed E-state index contributed by atoms with van der Waals surface area (Å²) in [6, 6.07) is 0. The van der Waals surface area contributed by atoms with E-state index in [9.17, 15) is 5.11 Å². The number of aliphatic hydroxyl groups is 1. The van der Waals surface area contributed by atoms with Gasteiger partial charge >= 0.3 is 0 Å². The van der Waals surface area contributed by atoms with Crippen molar-refractivity contribution < 1.29 is 19.3 Å². The van der Waals surface area contributed by atoms with E-state index >= 15 is 0 Å². The highest BCUT2D eigenvalue weighted by Crippen LogP contribution is 2.44. The molecule has 0 spiro atoms. The smallest absolute Gasteiger partial charge is 0.175 e. The second-order valence-electron chi connectivity index (χ2n) is 4.54. The number of ether oxygens (including phenoxy) is 3. The molecule has 0 bridgehead atoms. The molecule has 1 aliphatic rings. The van der Waals surface area contributed by atoms with Crippen LogP contribution in [0.25, 0.3) is 0 Å². The quantitative estimate of drug-likeness (QED) is 0.897. The van der Waals surface area contributed by atoms with Crippen LogP contribution in [0.2, 0.25) is 0 Å². The lowest BCUT2D eigenvalue weighted by atomic mass is 9.92. The predicted octanol–water partition coefficient (Wildman–Crippen LogP) is 1.76. The van der Waals surface area contributed by atoms with Crippen molar-refractivity contribution in [3.8, 4) is 11.5 Å². The van der Waals surface area contributed by atoms with Gasteiger partial charge in [0.15, 0.2) is 11.5 Å². The molecule has 0 amide bonds. The average Bonchev–Trinajstić information content (AvgIpc) is 2.50. The molecular weight excluding hydrogens is 240 g/mol. The van der Waals surface area contributed by atoms with E-state index < -0.39 is 5.41 Å².